The molecule has 0 N–H and O–H groups in total. The smallest absolute Gasteiger partial charge is 0.0766 e. The molecule has 1 heteroatoms. The van der Waals surface area contributed by atoms with Crippen LogP contribution in [0.15, 0.2) is 17.1 Å². The lowest BCUT2D eigenvalue weighted by atomic mass is 9.98. The number of aliphatic imine (C=N–C) groups is 1. The van der Waals surface area contributed by atoms with E-state index in [0.29, 0.717) is 0 Å². The van der Waals surface area contributed by atoms with Gasteiger partial charge >= 0.3 is 0 Å². The van der Waals surface area contributed by atoms with Gasteiger partial charge in [-0.25, -0.2) is 0 Å². The Kier molecular flexibility index (Phi) is 1.93. The lowest BCUT2D eigenvalue weighted by molar-refractivity contribution is 0.550. The van der Waals surface area contributed by atoms with E-state index in [1.54, 1.807) is 0 Å². The molecule has 0 amide bonds. The lowest BCUT2D eigenvalue weighted by Crippen LogP contribution is -2.15. The summed E-state index contributed by atoms with van der Waals surface area (Å²) in [6, 6.07) is 0. The zero-order chi connectivity index (χ0) is 7.61. The van der Waals surface area contributed by atoms with Gasteiger partial charge in [0.15, 0.2) is 0 Å². The maximum atomic E-state index is 4.48. The Hall–Kier alpha value is -0.590. The molecule has 1 unspecified atom stereocenters. The Morgan fingerprint density at radius 1 is 1.70 bits per heavy atom. The molecule has 10 heavy (non-hydrogen) atoms. The first kappa shape index (κ1) is 7.52. The van der Waals surface area contributed by atoms with Crippen molar-refractivity contribution in [3.05, 3.63) is 19.1 Å². The molecule has 0 spiro atoms. The summed E-state index contributed by atoms with van der Waals surface area (Å²) in [7, 11) is 0. The molecule has 0 saturated heterocycles. The topological polar surface area (TPSA) is 12.4 Å². The van der Waals surface area contributed by atoms with E-state index in [1.807, 2.05) is 6.92 Å². The zero-order valence-electron chi connectivity index (χ0n) is 6.72. The number of hydrogen-bond acceptors (Lipinski definition) is 1. The predicted molar refractivity (Wildman–Crippen MR) is 45.2 cm³/mol. The molecule has 0 saturated carbocycles. The minimum Gasteiger partial charge on any atom is -0.280 e. The summed E-state index contributed by atoms with van der Waals surface area (Å²) in [5.41, 5.74) is 1.20. The minimum absolute atomic E-state index is 0.0613. The molecule has 0 fully saturated rings. The van der Waals surface area contributed by atoms with Crippen molar-refractivity contribution < 1.29 is 0 Å². The molecule has 55 valence electrons. The minimum atomic E-state index is 0.0613. The summed E-state index contributed by atoms with van der Waals surface area (Å²) in [4.78, 5) is 4.48. The highest BCUT2D eigenvalue weighted by molar-refractivity contribution is 5.95. The van der Waals surface area contributed by atoms with Crippen LogP contribution in [0.25, 0.3) is 0 Å². The van der Waals surface area contributed by atoms with Crippen LogP contribution in [0.1, 0.15) is 26.7 Å². The molecule has 1 aliphatic heterocycles. The van der Waals surface area contributed by atoms with Gasteiger partial charge < -0.3 is 0 Å². The van der Waals surface area contributed by atoms with Gasteiger partial charge in [0.2, 0.25) is 0 Å². The first-order valence-corrected chi connectivity index (χ1v) is 3.71. The van der Waals surface area contributed by atoms with Gasteiger partial charge in [-0.05, 0) is 26.3 Å². The average molecular weight is 136 g/mol. The van der Waals surface area contributed by atoms with Gasteiger partial charge in [-0.3, -0.25) is 4.99 Å². The molecule has 0 aromatic heterocycles. The highest BCUT2D eigenvalue weighted by Gasteiger charge is 2.21. The van der Waals surface area contributed by atoms with Crippen molar-refractivity contribution in [2.45, 2.75) is 32.2 Å². The molecule has 0 aromatic carbocycles. The third-order valence-corrected chi connectivity index (χ3v) is 1.80. The lowest BCUT2D eigenvalue weighted by Gasteiger charge is -2.16. The number of nitrogens with zero attached hydrogens (tertiary/aromatic N) is 1. The summed E-state index contributed by atoms with van der Waals surface area (Å²) >= 11 is 0. The van der Waals surface area contributed by atoms with Crippen molar-refractivity contribution >= 4 is 5.71 Å². The van der Waals surface area contributed by atoms with Crippen molar-refractivity contribution in [2.75, 3.05) is 0 Å². The molecule has 1 nitrogen and oxygen atoms in total. The quantitative estimate of drug-likeness (QED) is 0.552. The molecule has 1 radical (unpaired) electrons. The predicted octanol–water partition coefficient (Wildman–Crippen LogP) is 2.39. The first-order chi connectivity index (χ1) is 4.66. The van der Waals surface area contributed by atoms with Gasteiger partial charge in [-0.1, -0.05) is 19.4 Å². The second-order valence-electron chi connectivity index (χ2n) is 3.05. The Morgan fingerprint density at radius 2 is 2.40 bits per heavy atom. The van der Waals surface area contributed by atoms with Crippen molar-refractivity contribution in [1.82, 2.24) is 0 Å². The van der Waals surface area contributed by atoms with Gasteiger partial charge in [0.25, 0.3) is 0 Å². The van der Waals surface area contributed by atoms with E-state index in [0.717, 1.165) is 18.6 Å². The van der Waals surface area contributed by atoms with E-state index in [1.165, 1.54) is 0 Å². The molecule has 1 aliphatic rings. The van der Waals surface area contributed by atoms with Crippen LogP contribution >= 0.6 is 0 Å². The van der Waals surface area contributed by atoms with Crippen LogP contribution in [-0.2, 0) is 0 Å². The van der Waals surface area contributed by atoms with E-state index in [4.69, 9.17) is 0 Å². The van der Waals surface area contributed by atoms with E-state index in [2.05, 4.69) is 31.0 Å². The third-order valence-electron chi connectivity index (χ3n) is 1.80. The summed E-state index contributed by atoms with van der Waals surface area (Å²) in [6.45, 7) is 7.99. The highest BCUT2D eigenvalue weighted by Crippen LogP contribution is 2.23. The Morgan fingerprint density at radius 3 is 2.80 bits per heavy atom. The molecule has 1 rings (SSSR count). The van der Waals surface area contributed by atoms with Crippen LogP contribution in [0.3, 0.4) is 0 Å². The van der Waals surface area contributed by atoms with Crippen molar-refractivity contribution in [2.24, 2.45) is 4.99 Å². The monoisotopic (exact) mass is 136 g/mol. The van der Waals surface area contributed by atoms with Gasteiger partial charge in [0.05, 0.1) is 5.54 Å². The SMILES string of the molecule is [CH2]CCC1(C)C=CC(C)=N1. The Bertz CT molecular complexity index is 179. The second-order valence-corrected chi connectivity index (χ2v) is 3.05. The molecular weight excluding hydrogens is 122 g/mol. The standard InChI is InChI=1S/C9H14N/c1-4-6-9(3)7-5-8(2)10-9/h5,7H,1,4,6H2,2-3H3. The number of allylic oxidation sites excluding steroid dienone is 1. The Labute approximate surface area is 62.9 Å². The van der Waals surface area contributed by atoms with Crippen molar-refractivity contribution in [3.8, 4) is 0 Å². The fraction of sp³-hybridized carbons (Fsp3) is 0.556. The van der Waals surface area contributed by atoms with Crippen LogP contribution in [-0.4, -0.2) is 11.3 Å². The summed E-state index contributed by atoms with van der Waals surface area (Å²) in [5, 5.41) is 0. The maximum Gasteiger partial charge on any atom is 0.0766 e. The second kappa shape index (κ2) is 2.57. The fourth-order valence-corrected chi connectivity index (χ4v) is 1.27. The summed E-state index contributed by atoms with van der Waals surface area (Å²) in [5.74, 6) is 0. The molecule has 1 atom stereocenters. The van der Waals surface area contributed by atoms with Crippen LogP contribution in [0.4, 0.5) is 0 Å². The van der Waals surface area contributed by atoms with Crippen LogP contribution in [0, 0.1) is 6.92 Å². The summed E-state index contributed by atoms with van der Waals surface area (Å²) < 4.78 is 0. The van der Waals surface area contributed by atoms with Gasteiger partial charge in [0, 0.05) is 5.71 Å². The Balaban J connectivity index is 2.64. The van der Waals surface area contributed by atoms with E-state index < -0.39 is 0 Å². The van der Waals surface area contributed by atoms with Crippen LogP contribution in [0.2, 0.25) is 0 Å². The zero-order valence-corrected chi connectivity index (χ0v) is 6.72. The van der Waals surface area contributed by atoms with E-state index >= 15 is 0 Å². The van der Waals surface area contributed by atoms with Gasteiger partial charge in [-0.15, -0.1) is 0 Å². The third kappa shape index (κ3) is 1.47. The molecule has 0 aliphatic carbocycles. The van der Waals surface area contributed by atoms with Crippen molar-refractivity contribution in [1.29, 1.82) is 0 Å². The molecule has 0 aromatic rings. The van der Waals surface area contributed by atoms with Crippen molar-refractivity contribution in [3.63, 3.8) is 0 Å². The molecule has 0 bridgehead atoms. The van der Waals surface area contributed by atoms with Gasteiger partial charge in [0.1, 0.15) is 0 Å². The van der Waals surface area contributed by atoms with E-state index in [9.17, 15) is 0 Å². The maximum absolute atomic E-state index is 4.48. The highest BCUT2D eigenvalue weighted by atomic mass is 14.9. The average Bonchev–Trinajstić information content (AvgIpc) is 2.12. The normalized spacial score (nSPS) is 30.9. The van der Waals surface area contributed by atoms with Crippen LogP contribution < -0.4 is 0 Å². The summed E-state index contributed by atoms with van der Waals surface area (Å²) in [6.07, 6.45) is 6.25. The largest absolute Gasteiger partial charge is 0.280 e. The fourth-order valence-electron chi connectivity index (χ4n) is 1.27. The molecular formula is C9H14N. The molecule has 1 heterocycles. The van der Waals surface area contributed by atoms with E-state index in [-0.39, 0.29) is 5.54 Å². The van der Waals surface area contributed by atoms with Gasteiger partial charge in [-0.2, -0.15) is 0 Å². The number of hydrogen-bond donors (Lipinski definition) is 0. The van der Waals surface area contributed by atoms with Crippen LogP contribution in [0.5, 0.6) is 0 Å². The first-order valence-electron chi connectivity index (χ1n) is 3.71. The number of rotatable bonds is 2.